The van der Waals surface area contributed by atoms with Crippen LogP contribution in [0.25, 0.3) is 0 Å². The maximum atomic E-state index is 12.8. The van der Waals surface area contributed by atoms with Gasteiger partial charge in [0.2, 0.25) is 0 Å². The molecule has 1 N–H and O–H groups in total. The van der Waals surface area contributed by atoms with Crippen LogP contribution < -0.4 is 10.7 Å². The average Bonchev–Trinajstić information content (AvgIpc) is 2.65. The fourth-order valence-electron chi connectivity index (χ4n) is 3.00. The lowest BCUT2D eigenvalue weighted by atomic mass is 10.1. The van der Waals surface area contributed by atoms with Crippen LogP contribution in [-0.2, 0) is 6.54 Å². The van der Waals surface area contributed by atoms with Crippen LogP contribution >= 0.6 is 0 Å². The summed E-state index contributed by atoms with van der Waals surface area (Å²) in [7, 11) is 0. The molecule has 0 aliphatic rings. The van der Waals surface area contributed by atoms with E-state index in [0.29, 0.717) is 23.5 Å². The summed E-state index contributed by atoms with van der Waals surface area (Å²) >= 11 is 0. The molecule has 26 heavy (non-hydrogen) atoms. The van der Waals surface area contributed by atoms with E-state index < -0.39 is 0 Å². The molecule has 0 fully saturated rings. The summed E-state index contributed by atoms with van der Waals surface area (Å²) in [5.74, 6) is -0.384. The van der Waals surface area contributed by atoms with Crippen molar-refractivity contribution in [3.8, 4) is 0 Å². The number of nitrogens with zero attached hydrogens (tertiary/aromatic N) is 2. The largest absolute Gasteiger partial charge is 0.343 e. The summed E-state index contributed by atoms with van der Waals surface area (Å²) in [5.41, 5.74) is 3.79. The minimum Gasteiger partial charge on any atom is -0.343 e. The smallest absolute Gasteiger partial charge is 0.261 e. The van der Waals surface area contributed by atoms with E-state index in [0.717, 1.165) is 11.3 Å². The fraction of sp³-hybridized carbons (Fsp3) is 0.190. The zero-order valence-corrected chi connectivity index (χ0v) is 15.1. The van der Waals surface area contributed by atoms with Crippen LogP contribution in [0.1, 0.15) is 32.9 Å². The Morgan fingerprint density at radius 1 is 1.00 bits per heavy atom. The van der Waals surface area contributed by atoms with Crippen LogP contribution in [-0.4, -0.2) is 15.5 Å². The van der Waals surface area contributed by atoms with E-state index in [2.05, 4.69) is 10.3 Å². The molecule has 2 aromatic heterocycles. The number of rotatable bonds is 4. The molecule has 2 heterocycles. The Bertz CT molecular complexity index is 993. The van der Waals surface area contributed by atoms with Gasteiger partial charge < -0.3 is 9.88 Å². The second-order valence-corrected chi connectivity index (χ2v) is 6.26. The number of carbonyl (C=O) groups is 1. The number of nitrogens with one attached hydrogen (secondary N) is 1. The Kier molecular flexibility index (Phi) is 4.98. The van der Waals surface area contributed by atoms with E-state index in [9.17, 15) is 9.59 Å². The molecule has 0 spiro atoms. The van der Waals surface area contributed by atoms with Gasteiger partial charge in [0.25, 0.3) is 5.91 Å². The van der Waals surface area contributed by atoms with Crippen molar-refractivity contribution in [1.82, 2.24) is 9.55 Å². The molecule has 5 heteroatoms. The fourth-order valence-corrected chi connectivity index (χ4v) is 3.00. The lowest BCUT2D eigenvalue weighted by molar-refractivity contribution is 0.102. The van der Waals surface area contributed by atoms with Crippen LogP contribution in [0.15, 0.2) is 59.7 Å². The van der Waals surface area contributed by atoms with Crippen molar-refractivity contribution < 1.29 is 4.79 Å². The summed E-state index contributed by atoms with van der Waals surface area (Å²) in [4.78, 5) is 29.6. The predicted octanol–water partition coefficient (Wildman–Crippen LogP) is 3.47. The van der Waals surface area contributed by atoms with Crippen molar-refractivity contribution in [3.05, 3.63) is 93.2 Å². The molecule has 0 saturated carbocycles. The molecular weight excluding hydrogens is 326 g/mol. The third-order valence-corrected chi connectivity index (χ3v) is 4.63. The van der Waals surface area contributed by atoms with Crippen molar-refractivity contribution in [2.24, 2.45) is 0 Å². The maximum absolute atomic E-state index is 12.8. The molecule has 3 aromatic rings. The summed E-state index contributed by atoms with van der Waals surface area (Å²) in [5, 5.41) is 2.82. The van der Waals surface area contributed by atoms with Crippen molar-refractivity contribution in [1.29, 1.82) is 0 Å². The molecule has 0 aliphatic carbocycles. The summed E-state index contributed by atoms with van der Waals surface area (Å²) in [6.45, 7) is 6.06. The average molecular weight is 347 g/mol. The normalized spacial score (nSPS) is 10.6. The molecule has 0 bridgehead atoms. The van der Waals surface area contributed by atoms with Crippen molar-refractivity contribution >= 4 is 11.6 Å². The molecule has 0 aliphatic heterocycles. The highest BCUT2D eigenvalue weighted by molar-refractivity contribution is 6.05. The number of aromatic nitrogens is 2. The van der Waals surface area contributed by atoms with Crippen LogP contribution in [0.3, 0.4) is 0 Å². The van der Waals surface area contributed by atoms with Gasteiger partial charge in [0.15, 0.2) is 5.43 Å². The molecule has 132 valence electrons. The lowest BCUT2D eigenvalue weighted by Gasteiger charge is -2.19. The van der Waals surface area contributed by atoms with Crippen LogP contribution in [0.5, 0.6) is 0 Å². The number of hydrogen-bond donors (Lipinski definition) is 1. The number of benzene rings is 1. The topological polar surface area (TPSA) is 64.0 Å². The van der Waals surface area contributed by atoms with Gasteiger partial charge in [-0.15, -0.1) is 0 Å². The zero-order valence-electron chi connectivity index (χ0n) is 15.1. The van der Waals surface area contributed by atoms with Gasteiger partial charge in [0.1, 0.15) is 5.56 Å². The van der Waals surface area contributed by atoms with E-state index in [1.54, 1.807) is 31.5 Å². The summed E-state index contributed by atoms with van der Waals surface area (Å²) in [6, 6.07) is 13.0. The number of carbonyl (C=O) groups excluding carboxylic acids is 1. The molecular formula is C21H21N3O2. The van der Waals surface area contributed by atoms with E-state index in [1.165, 1.54) is 0 Å². The van der Waals surface area contributed by atoms with E-state index in [1.807, 2.05) is 48.7 Å². The van der Waals surface area contributed by atoms with E-state index >= 15 is 0 Å². The SMILES string of the molecule is Cc1c(C)n(Cc2ccncc2)c(C)c(C(=O)Nc2ccccc2)c1=O. The number of anilines is 1. The molecule has 0 saturated heterocycles. The predicted molar refractivity (Wildman–Crippen MR) is 103 cm³/mol. The standard InChI is InChI=1S/C21H21N3O2/c1-14-15(2)24(13-17-9-11-22-12-10-17)16(3)19(20(14)25)21(26)23-18-7-5-4-6-8-18/h4-12H,13H2,1-3H3,(H,23,26). The quantitative estimate of drug-likeness (QED) is 0.786. The number of amides is 1. The van der Waals surface area contributed by atoms with Gasteiger partial charge in [-0.05, 0) is 50.6 Å². The highest BCUT2D eigenvalue weighted by Gasteiger charge is 2.20. The first-order chi connectivity index (χ1) is 12.5. The Morgan fingerprint density at radius 3 is 2.31 bits per heavy atom. The third kappa shape index (κ3) is 3.42. The Morgan fingerprint density at radius 2 is 1.65 bits per heavy atom. The molecule has 5 nitrogen and oxygen atoms in total. The van der Waals surface area contributed by atoms with Crippen molar-refractivity contribution in [2.45, 2.75) is 27.3 Å². The minimum atomic E-state index is -0.384. The third-order valence-electron chi connectivity index (χ3n) is 4.63. The van der Waals surface area contributed by atoms with Gasteiger partial charge in [-0.2, -0.15) is 0 Å². The van der Waals surface area contributed by atoms with E-state index in [-0.39, 0.29) is 16.9 Å². The van der Waals surface area contributed by atoms with Gasteiger partial charge >= 0.3 is 0 Å². The first-order valence-corrected chi connectivity index (χ1v) is 8.45. The summed E-state index contributed by atoms with van der Waals surface area (Å²) in [6.07, 6.45) is 3.47. The van der Waals surface area contributed by atoms with Gasteiger partial charge in [-0.3, -0.25) is 14.6 Å². The minimum absolute atomic E-state index is 0.186. The zero-order chi connectivity index (χ0) is 18.7. The van der Waals surface area contributed by atoms with Gasteiger partial charge in [-0.1, -0.05) is 18.2 Å². The molecule has 1 amide bonds. The first kappa shape index (κ1) is 17.6. The molecule has 1 aromatic carbocycles. The first-order valence-electron chi connectivity index (χ1n) is 8.45. The number of para-hydroxylation sites is 1. The lowest BCUT2D eigenvalue weighted by Crippen LogP contribution is -2.29. The number of pyridine rings is 2. The molecule has 0 radical (unpaired) electrons. The Hall–Kier alpha value is -3.21. The maximum Gasteiger partial charge on any atom is 0.261 e. The highest BCUT2D eigenvalue weighted by atomic mass is 16.2. The van der Waals surface area contributed by atoms with E-state index in [4.69, 9.17) is 0 Å². The van der Waals surface area contributed by atoms with Gasteiger partial charge in [0, 0.05) is 41.6 Å². The Labute approximate surface area is 152 Å². The molecule has 0 atom stereocenters. The van der Waals surface area contributed by atoms with Crippen molar-refractivity contribution in [3.63, 3.8) is 0 Å². The van der Waals surface area contributed by atoms with Crippen LogP contribution in [0.4, 0.5) is 5.69 Å². The van der Waals surface area contributed by atoms with Crippen LogP contribution in [0, 0.1) is 20.8 Å². The Balaban J connectivity index is 2.05. The second-order valence-electron chi connectivity index (χ2n) is 6.26. The molecule has 3 rings (SSSR count). The molecule has 0 unspecified atom stereocenters. The summed E-state index contributed by atoms with van der Waals surface area (Å²) < 4.78 is 2.01. The highest BCUT2D eigenvalue weighted by Crippen LogP contribution is 2.16. The monoisotopic (exact) mass is 347 g/mol. The van der Waals surface area contributed by atoms with Gasteiger partial charge in [-0.25, -0.2) is 0 Å². The van der Waals surface area contributed by atoms with Crippen molar-refractivity contribution in [2.75, 3.05) is 5.32 Å². The van der Waals surface area contributed by atoms with Crippen LogP contribution in [0.2, 0.25) is 0 Å². The van der Waals surface area contributed by atoms with Gasteiger partial charge in [0.05, 0.1) is 0 Å². The number of hydrogen-bond acceptors (Lipinski definition) is 3. The second kappa shape index (κ2) is 7.35.